The number of nitrogens with zero attached hydrogens (tertiary/aromatic N) is 4. The standard InChI is InChI=1S/C22H27BrN6O3/c1-31-16-9-13(10-17(32-2)18(16)23)25-20-19-21(29(11-24-19)14-5-6-14)28-22(27-20)26-12-3-7-15(30)8-4-12/h9-12,14-15,30H,3-8H2,1-2H3,(H2,25,26,27,28). The molecule has 2 aliphatic carbocycles. The number of halogens is 1. The van der Waals surface area contributed by atoms with Gasteiger partial charge >= 0.3 is 0 Å². The van der Waals surface area contributed by atoms with Crippen molar-refractivity contribution in [1.82, 2.24) is 19.5 Å². The second-order valence-corrected chi connectivity index (χ2v) is 9.21. The number of aromatic nitrogens is 4. The van der Waals surface area contributed by atoms with Crippen molar-refractivity contribution in [3.8, 4) is 11.5 Å². The summed E-state index contributed by atoms with van der Waals surface area (Å²) in [6.45, 7) is 0. The molecular weight excluding hydrogens is 476 g/mol. The molecule has 32 heavy (non-hydrogen) atoms. The molecule has 0 atom stereocenters. The van der Waals surface area contributed by atoms with Crippen molar-refractivity contribution in [1.29, 1.82) is 0 Å². The molecule has 1 aromatic carbocycles. The van der Waals surface area contributed by atoms with E-state index in [1.54, 1.807) is 14.2 Å². The molecular formula is C22H27BrN6O3. The van der Waals surface area contributed by atoms with Gasteiger partial charge in [0.15, 0.2) is 17.0 Å². The molecule has 2 aliphatic rings. The van der Waals surface area contributed by atoms with E-state index in [2.05, 4.69) is 36.1 Å². The molecule has 2 heterocycles. The van der Waals surface area contributed by atoms with E-state index in [9.17, 15) is 5.11 Å². The van der Waals surface area contributed by atoms with E-state index in [1.807, 2.05) is 18.5 Å². The molecule has 0 saturated heterocycles. The molecule has 2 fully saturated rings. The fraction of sp³-hybridized carbons (Fsp3) is 0.500. The summed E-state index contributed by atoms with van der Waals surface area (Å²) in [5.74, 6) is 2.50. The number of fused-ring (bicyclic) bond motifs is 1. The Hall–Kier alpha value is -2.59. The molecule has 170 valence electrons. The molecule has 2 aromatic heterocycles. The first kappa shape index (κ1) is 21.3. The van der Waals surface area contributed by atoms with Crippen LogP contribution in [0.4, 0.5) is 17.5 Å². The van der Waals surface area contributed by atoms with Crippen LogP contribution in [0.2, 0.25) is 0 Å². The number of hydrogen-bond acceptors (Lipinski definition) is 8. The van der Waals surface area contributed by atoms with Crippen LogP contribution in [-0.2, 0) is 0 Å². The third-order valence-corrected chi connectivity index (χ3v) is 6.88. The lowest BCUT2D eigenvalue weighted by molar-refractivity contribution is 0.126. The Kier molecular flexibility index (Phi) is 5.81. The molecule has 5 rings (SSSR count). The smallest absolute Gasteiger partial charge is 0.227 e. The van der Waals surface area contributed by atoms with Crippen molar-refractivity contribution in [2.24, 2.45) is 0 Å². The van der Waals surface area contributed by atoms with Crippen LogP contribution in [0.1, 0.15) is 44.6 Å². The largest absolute Gasteiger partial charge is 0.495 e. The minimum Gasteiger partial charge on any atom is -0.495 e. The van der Waals surface area contributed by atoms with E-state index < -0.39 is 0 Å². The van der Waals surface area contributed by atoms with Gasteiger partial charge in [-0.2, -0.15) is 9.97 Å². The minimum absolute atomic E-state index is 0.202. The van der Waals surface area contributed by atoms with E-state index in [4.69, 9.17) is 19.4 Å². The summed E-state index contributed by atoms with van der Waals surface area (Å²) in [7, 11) is 3.24. The van der Waals surface area contributed by atoms with Crippen molar-refractivity contribution in [2.45, 2.75) is 56.7 Å². The molecule has 0 amide bonds. The highest BCUT2D eigenvalue weighted by atomic mass is 79.9. The van der Waals surface area contributed by atoms with Gasteiger partial charge in [-0.25, -0.2) is 4.98 Å². The molecule has 0 unspecified atom stereocenters. The average molecular weight is 503 g/mol. The van der Waals surface area contributed by atoms with Crippen LogP contribution in [0.3, 0.4) is 0 Å². The first-order valence-electron chi connectivity index (χ1n) is 10.9. The zero-order chi connectivity index (χ0) is 22.2. The maximum Gasteiger partial charge on any atom is 0.227 e. The Balaban J connectivity index is 1.51. The Bertz CT molecular complexity index is 1100. The molecule has 0 radical (unpaired) electrons. The minimum atomic E-state index is -0.202. The number of aliphatic hydroxyl groups is 1. The Morgan fingerprint density at radius 3 is 2.34 bits per heavy atom. The molecule has 9 nitrogen and oxygen atoms in total. The third-order valence-electron chi connectivity index (χ3n) is 6.10. The predicted molar refractivity (Wildman–Crippen MR) is 126 cm³/mol. The third kappa shape index (κ3) is 4.21. The Labute approximate surface area is 194 Å². The predicted octanol–water partition coefficient (Wildman–Crippen LogP) is 4.40. The van der Waals surface area contributed by atoms with E-state index in [-0.39, 0.29) is 12.1 Å². The van der Waals surface area contributed by atoms with Gasteiger partial charge in [-0.05, 0) is 54.5 Å². The van der Waals surface area contributed by atoms with Gasteiger partial charge in [0.25, 0.3) is 0 Å². The molecule has 2 saturated carbocycles. The van der Waals surface area contributed by atoms with Crippen molar-refractivity contribution in [3.63, 3.8) is 0 Å². The van der Waals surface area contributed by atoms with Gasteiger partial charge in [0.05, 0.1) is 26.7 Å². The van der Waals surface area contributed by atoms with Crippen LogP contribution in [-0.4, -0.2) is 51.0 Å². The number of imidazole rings is 1. The van der Waals surface area contributed by atoms with Gasteiger partial charge in [0.2, 0.25) is 5.95 Å². The SMILES string of the molecule is COc1cc(Nc2nc(NC3CCC(O)CC3)nc3c2ncn3C2CC2)cc(OC)c1Br. The Morgan fingerprint density at radius 1 is 1.03 bits per heavy atom. The van der Waals surface area contributed by atoms with Crippen LogP contribution in [0.25, 0.3) is 11.2 Å². The highest BCUT2D eigenvalue weighted by molar-refractivity contribution is 9.10. The fourth-order valence-corrected chi connectivity index (χ4v) is 4.72. The van der Waals surface area contributed by atoms with Gasteiger partial charge in [-0.1, -0.05) is 0 Å². The molecule has 3 aromatic rings. The number of benzene rings is 1. The number of anilines is 3. The van der Waals surface area contributed by atoms with E-state index in [0.717, 1.165) is 59.8 Å². The van der Waals surface area contributed by atoms with Crippen LogP contribution in [0.5, 0.6) is 11.5 Å². The molecule has 0 bridgehead atoms. The normalized spacial score (nSPS) is 20.9. The molecule has 10 heteroatoms. The quantitative estimate of drug-likeness (QED) is 0.436. The summed E-state index contributed by atoms with van der Waals surface area (Å²) in [4.78, 5) is 14.2. The summed E-state index contributed by atoms with van der Waals surface area (Å²) in [5, 5.41) is 16.7. The van der Waals surface area contributed by atoms with Crippen LogP contribution in [0, 0.1) is 0 Å². The zero-order valence-corrected chi connectivity index (χ0v) is 19.7. The summed E-state index contributed by atoms with van der Waals surface area (Å²) in [5.41, 5.74) is 2.32. The lowest BCUT2D eigenvalue weighted by Crippen LogP contribution is -2.29. The van der Waals surface area contributed by atoms with Gasteiger partial charge in [-0.3, -0.25) is 0 Å². The highest BCUT2D eigenvalue weighted by Gasteiger charge is 2.28. The highest BCUT2D eigenvalue weighted by Crippen LogP contribution is 2.40. The summed E-state index contributed by atoms with van der Waals surface area (Å²) in [6, 6.07) is 4.46. The van der Waals surface area contributed by atoms with Gasteiger partial charge in [0, 0.05) is 29.9 Å². The topological polar surface area (TPSA) is 106 Å². The second kappa shape index (κ2) is 8.74. The van der Waals surface area contributed by atoms with E-state index in [0.29, 0.717) is 29.3 Å². The molecule has 0 spiro atoms. The lowest BCUT2D eigenvalue weighted by atomic mass is 9.93. The van der Waals surface area contributed by atoms with Crippen LogP contribution < -0.4 is 20.1 Å². The van der Waals surface area contributed by atoms with Crippen LogP contribution >= 0.6 is 15.9 Å². The summed E-state index contributed by atoms with van der Waals surface area (Å²) in [6.07, 6.45) is 7.32. The maximum absolute atomic E-state index is 9.82. The average Bonchev–Trinajstić information content (AvgIpc) is 3.55. The van der Waals surface area contributed by atoms with Gasteiger partial charge < -0.3 is 29.8 Å². The first-order valence-corrected chi connectivity index (χ1v) is 11.7. The molecule has 3 N–H and O–H groups in total. The van der Waals surface area contributed by atoms with Crippen LogP contribution in [0.15, 0.2) is 22.9 Å². The monoisotopic (exact) mass is 502 g/mol. The lowest BCUT2D eigenvalue weighted by Gasteiger charge is -2.26. The molecule has 0 aliphatic heterocycles. The zero-order valence-electron chi connectivity index (χ0n) is 18.1. The number of hydrogen-bond donors (Lipinski definition) is 3. The van der Waals surface area contributed by atoms with E-state index >= 15 is 0 Å². The second-order valence-electron chi connectivity index (χ2n) is 8.42. The summed E-state index contributed by atoms with van der Waals surface area (Å²) < 4.78 is 13.8. The van der Waals surface area contributed by atoms with Crippen molar-refractivity contribution >= 4 is 44.5 Å². The van der Waals surface area contributed by atoms with Gasteiger partial charge in [0.1, 0.15) is 16.0 Å². The van der Waals surface area contributed by atoms with Gasteiger partial charge in [-0.15, -0.1) is 0 Å². The van der Waals surface area contributed by atoms with Crippen molar-refractivity contribution in [2.75, 3.05) is 24.9 Å². The first-order chi connectivity index (χ1) is 15.6. The number of ether oxygens (including phenoxy) is 2. The maximum atomic E-state index is 9.82. The van der Waals surface area contributed by atoms with Crippen molar-refractivity contribution in [3.05, 3.63) is 22.9 Å². The van der Waals surface area contributed by atoms with E-state index in [1.165, 1.54) is 0 Å². The van der Waals surface area contributed by atoms with Crippen molar-refractivity contribution < 1.29 is 14.6 Å². The number of aliphatic hydroxyl groups excluding tert-OH is 1. The fourth-order valence-electron chi connectivity index (χ4n) is 4.17. The summed E-state index contributed by atoms with van der Waals surface area (Å²) >= 11 is 3.51. The number of nitrogens with one attached hydrogen (secondary N) is 2. The number of methoxy groups -OCH3 is 2. The Morgan fingerprint density at radius 2 is 1.72 bits per heavy atom. The number of rotatable bonds is 7.